The van der Waals surface area contributed by atoms with Crippen LogP contribution in [-0.4, -0.2) is 53.2 Å². The average Bonchev–Trinajstić information content (AvgIpc) is 0.806. The van der Waals surface area contributed by atoms with Crippen molar-refractivity contribution in [3.05, 3.63) is 91.0 Å². The first-order valence-electron chi connectivity index (χ1n) is 40.6. The second-order valence-electron chi connectivity index (χ2n) is 28.3. The van der Waals surface area contributed by atoms with E-state index in [1.165, 1.54) is 250 Å². The van der Waals surface area contributed by atoms with Crippen molar-refractivity contribution in [1.82, 2.24) is 20.2 Å². The molecule has 0 unspecified atom stereocenters. The second kappa shape index (κ2) is 50.2. The lowest BCUT2D eigenvalue weighted by atomic mass is 10.0. The number of hydrogen-bond acceptors (Lipinski definition) is 10. The van der Waals surface area contributed by atoms with Crippen molar-refractivity contribution < 1.29 is 28.1 Å². The third-order valence-electron chi connectivity index (χ3n) is 19.6. The van der Waals surface area contributed by atoms with Crippen molar-refractivity contribution in [2.24, 2.45) is 0 Å². The lowest BCUT2D eigenvalue weighted by Gasteiger charge is -2.17. The van der Waals surface area contributed by atoms with Gasteiger partial charge in [-0.1, -0.05) is 310 Å². The minimum absolute atomic E-state index is 0.414. The van der Waals surface area contributed by atoms with E-state index in [-0.39, 0.29) is 0 Å². The summed E-state index contributed by atoms with van der Waals surface area (Å²) in [4.78, 5) is 11.1. The van der Waals surface area contributed by atoms with Gasteiger partial charge in [0, 0.05) is 22.3 Å². The topological polar surface area (TPSA) is 111 Å². The van der Waals surface area contributed by atoms with Crippen LogP contribution in [0.5, 0.6) is 28.7 Å². The van der Waals surface area contributed by atoms with Crippen molar-refractivity contribution in [2.75, 3.05) is 33.0 Å². The third-order valence-corrected chi connectivity index (χ3v) is 19.6. The zero-order chi connectivity index (χ0) is 68.6. The summed E-state index contributed by atoms with van der Waals surface area (Å²) in [6, 6.07) is 31.4. The first-order chi connectivity index (χ1) is 48.5. The maximum atomic E-state index is 6.82. The van der Waals surface area contributed by atoms with Crippen LogP contribution < -0.4 is 23.7 Å². The smallest absolute Gasteiger partial charge is 0.248 e. The Balaban J connectivity index is 1.16. The first kappa shape index (κ1) is 79.2. The molecule has 0 saturated heterocycles. The predicted molar refractivity (Wildman–Crippen MR) is 415 cm³/mol. The summed E-state index contributed by atoms with van der Waals surface area (Å²) >= 11 is 0. The molecule has 7 rings (SSSR count). The van der Waals surface area contributed by atoms with Crippen molar-refractivity contribution >= 4 is 21.8 Å². The van der Waals surface area contributed by atoms with Crippen LogP contribution in [0.4, 0.5) is 0 Å². The first-order valence-corrected chi connectivity index (χ1v) is 40.6. The average molecular weight is 1340 g/mol. The van der Waals surface area contributed by atoms with Crippen LogP contribution in [0.2, 0.25) is 0 Å². The molecule has 98 heavy (non-hydrogen) atoms. The van der Waals surface area contributed by atoms with Gasteiger partial charge in [0.15, 0.2) is 23.0 Å². The number of fused-ring (bicyclic) bond motifs is 2. The molecular formula is C88H132N4O6. The van der Waals surface area contributed by atoms with E-state index in [0.717, 1.165) is 130 Å². The maximum absolute atomic E-state index is 6.82. The van der Waals surface area contributed by atoms with Gasteiger partial charge in [0.2, 0.25) is 11.8 Å². The van der Waals surface area contributed by atoms with Crippen LogP contribution in [0.15, 0.2) is 95.4 Å². The van der Waals surface area contributed by atoms with Gasteiger partial charge < -0.3 is 28.1 Å². The third kappa shape index (κ3) is 30.4. The summed E-state index contributed by atoms with van der Waals surface area (Å²) in [6.45, 7) is 14.7. The molecule has 0 bridgehead atoms. The minimum Gasteiger partial charge on any atom is -0.494 e. The lowest BCUT2D eigenvalue weighted by molar-refractivity contribution is 0.258. The monoisotopic (exact) mass is 1340 g/mol. The Morgan fingerprint density at radius 2 is 0.541 bits per heavy atom. The number of hydrogen-bond donors (Lipinski definition) is 0. The molecule has 10 heteroatoms. The Kier molecular flexibility index (Phi) is 40.6. The highest BCUT2D eigenvalue weighted by Gasteiger charge is 2.21. The molecule has 0 aliphatic carbocycles. The fraction of sp³-hybridized carbons (Fsp3) is 0.636. The Morgan fingerprint density at radius 1 is 0.245 bits per heavy atom. The SMILES string of the molecule is CCCCCCCCCCCCOc1ccc(-c2nc3ccc(-c4nnc(-c5ccc6cc(OCCCCCCCC)ccc6c5)o4)cc3nc2-c2ccc(OCCCCCCCCCCCC)c(OCCCCCCCCCCCC)c2)cc1OCCCCCCCCCCCC. The molecule has 0 N–H and O–H groups in total. The van der Waals surface area contributed by atoms with Crippen molar-refractivity contribution in [2.45, 2.75) is 330 Å². The van der Waals surface area contributed by atoms with Crippen LogP contribution in [0, 0.1) is 0 Å². The Morgan fingerprint density at radius 3 is 0.929 bits per heavy atom. The van der Waals surface area contributed by atoms with Gasteiger partial charge in [-0.3, -0.25) is 0 Å². The Bertz CT molecular complexity index is 3190. The molecule has 7 aromatic rings. The largest absolute Gasteiger partial charge is 0.494 e. The highest BCUT2D eigenvalue weighted by atomic mass is 16.5. The van der Waals surface area contributed by atoms with Crippen LogP contribution in [0.3, 0.4) is 0 Å². The summed E-state index contributed by atoms with van der Waals surface area (Å²) in [5, 5.41) is 11.4. The zero-order valence-corrected chi connectivity index (χ0v) is 62.5. The van der Waals surface area contributed by atoms with E-state index in [1.807, 2.05) is 24.3 Å². The highest BCUT2D eigenvalue weighted by molar-refractivity contribution is 5.90. The number of unbranched alkanes of at least 4 members (excludes halogenated alkanes) is 41. The molecule has 0 aliphatic rings. The zero-order valence-electron chi connectivity index (χ0n) is 62.5. The number of nitrogens with zero attached hydrogens (tertiary/aromatic N) is 4. The molecule has 10 nitrogen and oxygen atoms in total. The molecule has 0 aliphatic heterocycles. The van der Waals surface area contributed by atoms with Gasteiger partial charge in [0.25, 0.3) is 0 Å². The number of benzene rings is 5. The summed E-state index contributed by atoms with van der Waals surface area (Å²) in [7, 11) is 0. The highest BCUT2D eigenvalue weighted by Crippen LogP contribution is 2.41. The van der Waals surface area contributed by atoms with Gasteiger partial charge in [0.05, 0.1) is 55.5 Å². The van der Waals surface area contributed by atoms with E-state index in [9.17, 15) is 0 Å². The summed E-state index contributed by atoms with van der Waals surface area (Å²) in [5.41, 5.74) is 6.37. The van der Waals surface area contributed by atoms with E-state index < -0.39 is 0 Å². The molecule has 0 spiro atoms. The van der Waals surface area contributed by atoms with E-state index in [2.05, 4.69) is 112 Å². The van der Waals surface area contributed by atoms with Gasteiger partial charge >= 0.3 is 0 Å². The summed E-state index contributed by atoms with van der Waals surface area (Å²) in [5.74, 6) is 4.82. The number of rotatable bonds is 60. The van der Waals surface area contributed by atoms with Gasteiger partial charge in [-0.25, -0.2) is 9.97 Å². The predicted octanol–water partition coefficient (Wildman–Crippen LogP) is 27.8. The van der Waals surface area contributed by atoms with E-state index in [4.69, 9.17) is 38.1 Å². The van der Waals surface area contributed by atoms with Gasteiger partial charge in [-0.15, -0.1) is 10.2 Å². The Labute approximate surface area is 595 Å². The Hall–Kier alpha value is -6.16. The minimum atomic E-state index is 0.414. The molecule has 5 aromatic carbocycles. The molecule has 0 atom stereocenters. The molecule has 540 valence electrons. The van der Waals surface area contributed by atoms with Gasteiger partial charge in [0.1, 0.15) is 5.75 Å². The van der Waals surface area contributed by atoms with Crippen molar-refractivity contribution in [1.29, 1.82) is 0 Å². The molecule has 2 heterocycles. The fourth-order valence-corrected chi connectivity index (χ4v) is 13.4. The molecule has 0 radical (unpaired) electrons. The molecule has 0 fully saturated rings. The quantitative estimate of drug-likeness (QED) is 0.0342. The standard InChI is InChI=1S/C88H132N4O6/c1-6-11-16-21-26-30-34-38-43-48-63-94-81-60-56-74(70-83(81)96-65-50-45-40-36-32-28-23-18-13-8-3)85-86(75-57-61-82(95-64-49-44-39-35-31-27-22-17-12-7-2)84(71-75)97-66-51-46-41-37-33-29-24-19-14-9-4)90-80-69-77(55-59-79(80)89-85)88-92-91-87(98-88)76-53-52-73-68-78(58-54-72(73)67-76)93-62-47-42-25-20-15-10-5/h52-61,67-71H,6-51,62-66H2,1-5H3. The summed E-state index contributed by atoms with van der Waals surface area (Å²) in [6.07, 6.45) is 58.4. The van der Waals surface area contributed by atoms with Crippen LogP contribution in [0.25, 0.3) is 67.2 Å². The molecule has 0 saturated carbocycles. The fourth-order valence-electron chi connectivity index (χ4n) is 13.4. The second-order valence-corrected chi connectivity index (χ2v) is 28.3. The van der Waals surface area contributed by atoms with Crippen LogP contribution in [-0.2, 0) is 0 Å². The number of aromatic nitrogens is 4. The number of ether oxygens (including phenoxy) is 5. The molecular weight excluding hydrogens is 1210 g/mol. The van der Waals surface area contributed by atoms with Gasteiger partial charge in [-0.2, -0.15) is 0 Å². The van der Waals surface area contributed by atoms with Crippen molar-refractivity contribution in [3.63, 3.8) is 0 Å². The van der Waals surface area contributed by atoms with Crippen LogP contribution >= 0.6 is 0 Å². The summed E-state index contributed by atoms with van der Waals surface area (Å²) < 4.78 is 39.6. The van der Waals surface area contributed by atoms with E-state index in [0.29, 0.717) is 43.7 Å². The van der Waals surface area contributed by atoms with Gasteiger partial charge in [-0.05, 0) is 122 Å². The van der Waals surface area contributed by atoms with E-state index in [1.54, 1.807) is 0 Å². The van der Waals surface area contributed by atoms with Crippen molar-refractivity contribution in [3.8, 4) is 74.2 Å². The van der Waals surface area contributed by atoms with Crippen LogP contribution in [0.1, 0.15) is 330 Å². The molecule has 0 amide bonds. The normalized spacial score (nSPS) is 11.6. The molecule has 2 aromatic heterocycles. The van der Waals surface area contributed by atoms with E-state index >= 15 is 0 Å². The lowest BCUT2D eigenvalue weighted by Crippen LogP contribution is -2.04. The maximum Gasteiger partial charge on any atom is 0.248 e.